The minimum Gasteiger partial charge on any atom is -0.483 e. The summed E-state index contributed by atoms with van der Waals surface area (Å²) in [6.45, 7) is 8.24. The van der Waals surface area contributed by atoms with Crippen molar-refractivity contribution in [2.45, 2.75) is 53.1 Å². The van der Waals surface area contributed by atoms with Crippen LogP contribution in [0.2, 0.25) is 0 Å². The van der Waals surface area contributed by atoms with E-state index in [0.717, 1.165) is 29.5 Å². The minimum absolute atomic E-state index is 0.182. The van der Waals surface area contributed by atoms with Crippen molar-refractivity contribution < 1.29 is 18.7 Å². The number of benzene rings is 2. The molecule has 5 nitrogen and oxygen atoms in total. The summed E-state index contributed by atoms with van der Waals surface area (Å²) in [6.07, 6.45) is 1.84. The Morgan fingerprint density at radius 3 is 2.50 bits per heavy atom. The molecule has 1 unspecified atom stereocenters. The van der Waals surface area contributed by atoms with E-state index < -0.39 is 6.04 Å². The lowest BCUT2D eigenvalue weighted by Gasteiger charge is -2.29. The maximum absolute atomic E-state index is 13.3. The van der Waals surface area contributed by atoms with E-state index in [4.69, 9.17) is 4.74 Å². The fraction of sp³-hybridized carbons (Fsp3) is 0.417. The zero-order chi connectivity index (χ0) is 22.1. The van der Waals surface area contributed by atoms with Crippen LogP contribution in [-0.4, -0.2) is 35.9 Å². The van der Waals surface area contributed by atoms with Crippen LogP contribution in [0.4, 0.5) is 4.39 Å². The molecule has 6 heteroatoms. The average molecular weight is 415 g/mol. The highest BCUT2D eigenvalue weighted by atomic mass is 19.1. The molecule has 0 fully saturated rings. The fourth-order valence-electron chi connectivity index (χ4n) is 3.01. The lowest BCUT2D eigenvalue weighted by Crippen LogP contribution is -2.49. The van der Waals surface area contributed by atoms with Crippen LogP contribution in [-0.2, 0) is 16.1 Å². The Hall–Kier alpha value is -2.89. The second-order valence-electron chi connectivity index (χ2n) is 7.46. The molecule has 2 aromatic rings. The van der Waals surface area contributed by atoms with E-state index in [1.165, 1.54) is 17.0 Å². The van der Waals surface area contributed by atoms with Crippen LogP contribution >= 0.6 is 0 Å². The van der Waals surface area contributed by atoms with E-state index in [0.29, 0.717) is 12.3 Å². The number of unbranched alkanes of at least 4 members (excludes halogenated alkanes) is 1. The van der Waals surface area contributed by atoms with Crippen molar-refractivity contribution in [3.8, 4) is 5.75 Å². The van der Waals surface area contributed by atoms with Gasteiger partial charge in [-0.2, -0.15) is 0 Å². The van der Waals surface area contributed by atoms with E-state index in [9.17, 15) is 14.0 Å². The second-order valence-corrected chi connectivity index (χ2v) is 7.46. The van der Waals surface area contributed by atoms with Gasteiger partial charge in [0, 0.05) is 13.1 Å². The van der Waals surface area contributed by atoms with Crippen LogP contribution in [0, 0.1) is 19.7 Å². The van der Waals surface area contributed by atoms with E-state index >= 15 is 0 Å². The van der Waals surface area contributed by atoms with Gasteiger partial charge >= 0.3 is 0 Å². The van der Waals surface area contributed by atoms with Gasteiger partial charge in [-0.3, -0.25) is 9.59 Å². The summed E-state index contributed by atoms with van der Waals surface area (Å²) in [5.74, 6) is -0.227. The van der Waals surface area contributed by atoms with Crippen molar-refractivity contribution in [2.75, 3.05) is 13.2 Å². The topological polar surface area (TPSA) is 58.6 Å². The van der Waals surface area contributed by atoms with Gasteiger partial charge in [0.25, 0.3) is 5.91 Å². The molecule has 0 heterocycles. The number of nitrogens with zero attached hydrogens (tertiary/aromatic N) is 1. The molecule has 0 aliphatic heterocycles. The van der Waals surface area contributed by atoms with Crippen molar-refractivity contribution >= 4 is 11.8 Å². The van der Waals surface area contributed by atoms with Gasteiger partial charge in [-0.25, -0.2) is 4.39 Å². The van der Waals surface area contributed by atoms with Crippen molar-refractivity contribution in [1.29, 1.82) is 0 Å². The van der Waals surface area contributed by atoms with Gasteiger partial charge in [-0.1, -0.05) is 37.6 Å². The third-order valence-corrected chi connectivity index (χ3v) is 5.17. The summed E-state index contributed by atoms with van der Waals surface area (Å²) < 4.78 is 19.0. The molecule has 0 spiro atoms. The highest BCUT2D eigenvalue weighted by molar-refractivity contribution is 5.87. The molecule has 1 atom stereocenters. The molecule has 162 valence electrons. The molecule has 0 aromatic heterocycles. The number of hydrogen-bond donors (Lipinski definition) is 1. The third-order valence-electron chi connectivity index (χ3n) is 5.17. The lowest BCUT2D eigenvalue weighted by molar-refractivity contribution is -0.142. The predicted octanol–water partition coefficient (Wildman–Crippen LogP) is 4.15. The average Bonchev–Trinajstić information content (AvgIpc) is 2.73. The Kier molecular flexibility index (Phi) is 8.84. The number of rotatable bonds is 10. The van der Waals surface area contributed by atoms with Crippen LogP contribution in [0.25, 0.3) is 0 Å². The standard InChI is InChI=1S/C24H31FN2O3/c1-5-6-14-26-24(29)19(4)27(15-20-10-12-21(25)13-11-20)23(28)16-30-22-9-7-8-17(2)18(22)3/h7-13,19H,5-6,14-16H2,1-4H3,(H,26,29). The molecule has 2 rings (SSSR count). The maximum Gasteiger partial charge on any atom is 0.261 e. The quantitative estimate of drug-likeness (QED) is 0.594. The summed E-state index contributed by atoms with van der Waals surface area (Å²) >= 11 is 0. The molecule has 30 heavy (non-hydrogen) atoms. The Morgan fingerprint density at radius 2 is 1.83 bits per heavy atom. The summed E-state index contributed by atoms with van der Waals surface area (Å²) in [5, 5.41) is 2.87. The van der Waals surface area contributed by atoms with Gasteiger partial charge in [0.1, 0.15) is 17.6 Å². The molecular formula is C24H31FN2O3. The van der Waals surface area contributed by atoms with Gasteiger partial charge in [-0.15, -0.1) is 0 Å². The first kappa shape index (κ1) is 23.4. The molecule has 0 saturated heterocycles. The molecule has 0 aliphatic carbocycles. The van der Waals surface area contributed by atoms with Crippen molar-refractivity contribution in [3.05, 3.63) is 65.0 Å². The highest BCUT2D eigenvalue weighted by Crippen LogP contribution is 2.21. The zero-order valence-corrected chi connectivity index (χ0v) is 18.2. The fourth-order valence-corrected chi connectivity index (χ4v) is 3.01. The van der Waals surface area contributed by atoms with Crippen molar-refractivity contribution in [2.24, 2.45) is 0 Å². The number of carbonyl (C=O) groups excluding carboxylic acids is 2. The van der Waals surface area contributed by atoms with Gasteiger partial charge < -0.3 is 15.0 Å². The number of hydrogen-bond acceptors (Lipinski definition) is 3. The van der Waals surface area contributed by atoms with Gasteiger partial charge in [0.15, 0.2) is 6.61 Å². The van der Waals surface area contributed by atoms with Crippen LogP contribution in [0.15, 0.2) is 42.5 Å². The number of aryl methyl sites for hydroxylation is 1. The smallest absolute Gasteiger partial charge is 0.261 e. The normalized spacial score (nSPS) is 11.6. The first-order valence-corrected chi connectivity index (χ1v) is 10.3. The third kappa shape index (κ3) is 6.58. The zero-order valence-electron chi connectivity index (χ0n) is 18.2. The first-order chi connectivity index (χ1) is 14.3. The first-order valence-electron chi connectivity index (χ1n) is 10.3. The van der Waals surface area contributed by atoms with E-state index in [2.05, 4.69) is 5.32 Å². The molecule has 0 aliphatic rings. The number of nitrogens with one attached hydrogen (secondary N) is 1. The van der Waals surface area contributed by atoms with Gasteiger partial charge in [0.05, 0.1) is 0 Å². The van der Waals surface area contributed by atoms with Crippen molar-refractivity contribution in [1.82, 2.24) is 10.2 Å². The molecule has 0 radical (unpaired) electrons. The van der Waals surface area contributed by atoms with Crippen LogP contribution < -0.4 is 10.1 Å². The van der Waals surface area contributed by atoms with E-state index in [1.807, 2.05) is 39.0 Å². The molecule has 1 N–H and O–H groups in total. The summed E-state index contributed by atoms with van der Waals surface area (Å²) in [4.78, 5) is 27.1. The van der Waals surface area contributed by atoms with E-state index in [-0.39, 0.29) is 30.8 Å². The monoisotopic (exact) mass is 414 g/mol. The van der Waals surface area contributed by atoms with Crippen molar-refractivity contribution in [3.63, 3.8) is 0 Å². The Morgan fingerprint density at radius 1 is 1.13 bits per heavy atom. The van der Waals surface area contributed by atoms with Crippen LogP contribution in [0.5, 0.6) is 5.75 Å². The number of amides is 2. The van der Waals surface area contributed by atoms with Crippen LogP contribution in [0.3, 0.4) is 0 Å². The second kappa shape index (κ2) is 11.3. The predicted molar refractivity (Wildman–Crippen MR) is 116 cm³/mol. The number of halogens is 1. The molecule has 2 amide bonds. The number of ether oxygens (including phenoxy) is 1. The molecule has 0 bridgehead atoms. The SMILES string of the molecule is CCCCNC(=O)C(C)N(Cc1ccc(F)cc1)C(=O)COc1cccc(C)c1C. The number of carbonyl (C=O) groups is 2. The molecular weight excluding hydrogens is 383 g/mol. The minimum atomic E-state index is -0.679. The lowest BCUT2D eigenvalue weighted by atomic mass is 10.1. The van der Waals surface area contributed by atoms with Gasteiger partial charge in [0.2, 0.25) is 5.91 Å². The van der Waals surface area contributed by atoms with Crippen LogP contribution in [0.1, 0.15) is 43.4 Å². The van der Waals surface area contributed by atoms with E-state index in [1.54, 1.807) is 19.1 Å². The highest BCUT2D eigenvalue weighted by Gasteiger charge is 2.26. The largest absolute Gasteiger partial charge is 0.483 e. The summed E-state index contributed by atoms with van der Waals surface area (Å²) in [6, 6.07) is 10.9. The molecule has 0 saturated carbocycles. The Balaban J connectivity index is 2.13. The Bertz CT molecular complexity index is 852. The maximum atomic E-state index is 13.3. The Labute approximate surface area is 178 Å². The van der Waals surface area contributed by atoms with Gasteiger partial charge in [-0.05, 0) is 62.1 Å². The summed E-state index contributed by atoms with van der Waals surface area (Å²) in [7, 11) is 0. The molecule has 2 aromatic carbocycles. The summed E-state index contributed by atoms with van der Waals surface area (Å²) in [5.41, 5.74) is 2.79.